The topological polar surface area (TPSA) is 92.7 Å². The van der Waals surface area contributed by atoms with Crippen LogP contribution in [0.2, 0.25) is 0 Å². The van der Waals surface area contributed by atoms with Gasteiger partial charge in [-0.2, -0.15) is 0 Å². The summed E-state index contributed by atoms with van der Waals surface area (Å²) in [6.45, 7) is 0.287. The van der Waals surface area contributed by atoms with E-state index in [2.05, 4.69) is 5.16 Å². The van der Waals surface area contributed by atoms with Gasteiger partial charge in [0.05, 0.1) is 24.8 Å². The van der Waals surface area contributed by atoms with Crippen molar-refractivity contribution in [1.82, 2.24) is 10.1 Å². The third-order valence-corrected chi connectivity index (χ3v) is 3.53. The van der Waals surface area contributed by atoms with E-state index in [1.54, 1.807) is 4.90 Å². The van der Waals surface area contributed by atoms with Crippen molar-refractivity contribution in [1.29, 1.82) is 0 Å². The summed E-state index contributed by atoms with van der Waals surface area (Å²) in [6, 6.07) is 7.39. The molecule has 1 aliphatic rings. The normalized spacial score (nSPS) is 15.7. The number of nitrogen functional groups attached to an aromatic ring is 1. The minimum atomic E-state index is -0.237. The van der Waals surface area contributed by atoms with E-state index in [1.165, 1.54) is 13.2 Å². The number of nitrogens with zero attached hydrogens (tertiary/aromatic N) is 3. The first-order valence-electron chi connectivity index (χ1n) is 6.42. The lowest BCUT2D eigenvalue weighted by molar-refractivity contribution is -0.143. The average molecular weight is 286 g/mol. The molecule has 2 amide bonds. The zero-order valence-corrected chi connectivity index (χ0v) is 11.4. The Labute approximate surface area is 120 Å². The molecule has 0 spiro atoms. The van der Waals surface area contributed by atoms with E-state index in [4.69, 9.17) is 10.3 Å². The van der Waals surface area contributed by atoms with Gasteiger partial charge in [-0.15, -0.1) is 0 Å². The molecular formula is C14H14N4O3. The van der Waals surface area contributed by atoms with Crippen molar-refractivity contribution in [2.24, 2.45) is 0 Å². The number of anilines is 2. The van der Waals surface area contributed by atoms with Crippen LogP contribution < -0.4 is 10.6 Å². The van der Waals surface area contributed by atoms with E-state index in [0.29, 0.717) is 5.56 Å². The Bertz CT molecular complexity index is 692. The van der Waals surface area contributed by atoms with E-state index in [-0.39, 0.29) is 30.8 Å². The zero-order chi connectivity index (χ0) is 15.0. The Kier molecular flexibility index (Phi) is 3.09. The Morgan fingerprint density at radius 2 is 1.81 bits per heavy atom. The molecule has 1 fully saturated rings. The highest BCUT2D eigenvalue weighted by atomic mass is 16.5. The smallest absolute Gasteiger partial charge is 0.248 e. The molecule has 0 bridgehead atoms. The number of imide groups is 1. The lowest BCUT2D eigenvalue weighted by atomic mass is 10.0. The van der Waals surface area contributed by atoms with Crippen molar-refractivity contribution in [3.8, 4) is 11.1 Å². The fourth-order valence-corrected chi connectivity index (χ4v) is 2.33. The fraction of sp³-hybridized carbons (Fsp3) is 0.214. The molecule has 2 aromatic rings. The van der Waals surface area contributed by atoms with Crippen molar-refractivity contribution in [2.45, 2.75) is 0 Å². The van der Waals surface area contributed by atoms with Crippen molar-refractivity contribution in [3.63, 3.8) is 0 Å². The predicted octanol–water partition coefficient (Wildman–Crippen LogP) is 0.729. The molecule has 1 aliphatic heterocycles. The average Bonchev–Trinajstić information content (AvgIpc) is 2.90. The second kappa shape index (κ2) is 4.93. The van der Waals surface area contributed by atoms with Crippen LogP contribution in [0.4, 0.5) is 11.6 Å². The van der Waals surface area contributed by atoms with Gasteiger partial charge in [-0.1, -0.05) is 23.4 Å². The standard InChI is InChI=1S/C14H14N4O3/c1-17-12(19)7-18(8-13(17)20)11-5-3-2-4-9(11)10-6-16-21-14(10)15/h2-6H,7-8,15H2,1H3. The van der Waals surface area contributed by atoms with E-state index >= 15 is 0 Å². The van der Waals surface area contributed by atoms with Crippen LogP contribution in [-0.2, 0) is 9.59 Å². The van der Waals surface area contributed by atoms with Crippen molar-refractivity contribution < 1.29 is 14.1 Å². The highest BCUT2D eigenvalue weighted by molar-refractivity contribution is 6.03. The van der Waals surface area contributed by atoms with Gasteiger partial charge in [0.15, 0.2) is 0 Å². The molecule has 108 valence electrons. The summed E-state index contributed by atoms with van der Waals surface area (Å²) in [4.78, 5) is 26.6. The van der Waals surface area contributed by atoms with Crippen LogP contribution in [0.5, 0.6) is 0 Å². The Morgan fingerprint density at radius 3 is 2.43 bits per heavy atom. The quantitative estimate of drug-likeness (QED) is 0.818. The summed E-state index contributed by atoms with van der Waals surface area (Å²) in [5, 5.41) is 3.67. The van der Waals surface area contributed by atoms with E-state index in [1.807, 2.05) is 24.3 Å². The van der Waals surface area contributed by atoms with Crippen LogP contribution in [0.1, 0.15) is 0 Å². The second-order valence-electron chi connectivity index (χ2n) is 4.82. The van der Waals surface area contributed by atoms with E-state index < -0.39 is 0 Å². The summed E-state index contributed by atoms with van der Waals surface area (Å²) in [6.07, 6.45) is 1.52. The van der Waals surface area contributed by atoms with Crippen molar-refractivity contribution in [3.05, 3.63) is 30.5 Å². The van der Waals surface area contributed by atoms with Gasteiger partial charge in [-0.3, -0.25) is 14.5 Å². The number of nitrogens with two attached hydrogens (primary N) is 1. The van der Waals surface area contributed by atoms with Gasteiger partial charge in [-0.25, -0.2) is 0 Å². The number of benzene rings is 1. The van der Waals surface area contributed by atoms with E-state index in [9.17, 15) is 9.59 Å². The first-order chi connectivity index (χ1) is 10.1. The fourth-order valence-electron chi connectivity index (χ4n) is 2.33. The first kappa shape index (κ1) is 13.2. The third-order valence-electron chi connectivity index (χ3n) is 3.53. The van der Waals surface area contributed by atoms with Crippen LogP contribution in [0.3, 0.4) is 0 Å². The molecule has 7 nitrogen and oxygen atoms in total. The van der Waals surface area contributed by atoms with Gasteiger partial charge in [0.2, 0.25) is 17.7 Å². The van der Waals surface area contributed by atoms with Gasteiger partial charge < -0.3 is 15.2 Å². The summed E-state index contributed by atoms with van der Waals surface area (Å²) >= 11 is 0. The molecule has 1 saturated heterocycles. The number of carbonyl (C=O) groups excluding carboxylic acids is 2. The molecule has 2 heterocycles. The Balaban J connectivity index is 2.02. The maximum absolute atomic E-state index is 11.9. The second-order valence-corrected chi connectivity index (χ2v) is 4.82. The molecular weight excluding hydrogens is 272 g/mol. The van der Waals surface area contributed by atoms with Crippen molar-refractivity contribution >= 4 is 23.4 Å². The predicted molar refractivity (Wildman–Crippen MR) is 76.3 cm³/mol. The van der Waals surface area contributed by atoms with Crippen molar-refractivity contribution in [2.75, 3.05) is 30.8 Å². The molecule has 3 rings (SSSR count). The summed E-state index contributed by atoms with van der Waals surface area (Å²) in [7, 11) is 1.49. The minimum Gasteiger partial charge on any atom is -0.367 e. The highest BCUT2D eigenvalue weighted by Crippen LogP contribution is 2.34. The number of piperazine rings is 1. The largest absolute Gasteiger partial charge is 0.367 e. The monoisotopic (exact) mass is 286 g/mol. The number of amides is 2. The Morgan fingerprint density at radius 1 is 1.14 bits per heavy atom. The molecule has 7 heteroatoms. The Hall–Kier alpha value is -2.83. The number of carbonyl (C=O) groups is 2. The molecule has 0 atom stereocenters. The lowest BCUT2D eigenvalue weighted by Crippen LogP contribution is -2.52. The van der Waals surface area contributed by atoms with Crippen LogP contribution in [0.25, 0.3) is 11.1 Å². The summed E-state index contributed by atoms with van der Waals surface area (Å²) < 4.78 is 4.89. The molecule has 2 N–H and O–H groups in total. The van der Waals surface area contributed by atoms with Gasteiger partial charge in [0.1, 0.15) is 0 Å². The SMILES string of the molecule is CN1C(=O)CN(c2ccccc2-c2cnoc2N)CC1=O. The minimum absolute atomic E-state index is 0.143. The number of aromatic nitrogens is 1. The van der Waals surface area contributed by atoms with Crippen LogP contribution >= 0.6 is 0 Å². The maximum atomic E-state index is 11.9. The van der Waals surface area contributed by atoms with Gasteiger partial charge in [0.25, 0.3) is 0 Å². The lowest BCUT2D eigenvalue weighted by Gasteiger charge is -2.33. The molecule has 0 aliphatic carbocycles. The van der Waals surface area contributed by atoms with Crippen LogP contribution in [-0.4, -0.2) is 42.0 Å². The molecule has 0 radical (unpaired) electrons. The number of para-hydroxylation sites is 1. The number of likely N-dealkylation sites (N-methyl/N-ethyl adjacent to an activating group) is 1. The van der Waals surface area contributed by atoms with Crippen LogP contribution in [0, 0.1) is 0 Å². The van der Waals surface area contributed by atoms with Gasteiger partial charge in [0, 0.05) is 18.3 Å². The number of hydrogen-bond donors (Lipinski definition) is 1. The third kappa shape index (κ3) is 2.22. The molecule has 1 aromatic heterocycles. The highest BCUT2D eigenvalue weighted by Gasteiger charge is 2.29. The van der Waals surface area contributed by atoms with Gasteiger partial charge >= 0.3 is 0 Å². The number of hydrogen-bond acceptors (Lipinski definition) is 6. The molecule has 21 heavy (non-hydrogen) atoms. The summed E-state index contributed by atoms with van der Waals surface area (Å²) in [5.74, 6) is -0.270. The first-order valence-corrected chi connectivity index (χ1v) is 6.42. The molecule has 0 saturated carbocycles. The van der Waals surface area contributed by atoms with Gasteiger partial charge in [-0.05, 0) is 6.07 Å². The van der Waals surface area contributed by atoms with E-state index in [0.717, 1.165) is 16.2 Å². The van der Waals surface area contributed by atoms with Crippen LogP contribution in [0.15, 0.2) is 35.0 Å². The number of rotatable bonds is 2. The summed E-state index contributed by atoms with van der Waals surface area (Å²) in [5.41, 5.74) is 7.93. The molecule has 0 unspecified atom stereocenters. The zero-order valence-electron chi connectivity index (χ0n) is 11.4. The molecule has 1 aromatic carbocycles. The maximum Gasteiger partial charge on any atom is 0.248 e.